The van der Waals surface area contributed by atoms with Crippen molar-refractivity contribution in [1.29, 1.82) is 0 Å². The van der Waals surface area contributed by atoms with Crippen LogP contribution >= 0.6 is 22.7 Å². The van der Waals surface area contributed by atoms with Crippen LogP contribution in [-0.2, 0) is 0 Å². The molecule has 4 aromatic heterocycles. The second kappa shape index (κ2) is 15.2. The van der Waals surface area contributed by atoms with Crippen molar-refractivity contribution in [2.24, 2.45) is 0 Å². The smallest absolute Gasteiger partial charge is 0.160 e. The van der Waals surface area contributed by atoms with E-state index in [1.54, 1.807) is 0 Å². The lowest BCUT2D eigenvalue weighted by molar-refractivity contribution is 1.18. The highest BCUT2D eigenvalue weighted by Crippen LogP contribution is 2.42. The second-order valence-electron chi connectivity index (χ2n) is 15.6. The standard InChI is InChI=1S/C57H35N3S2/c1-2-11-36(12-3-1)37-20-22-38(23-21-37)51-34-52(46-15-5-4-14-45(46)41-13-10-28-58-35-41)60-57(59-51)44-30-42(39-24-26-55-49(32-39)47-16-6-8-18-53(47)61-55)29-43(31-44)40-25-27-56-50(33-40)48-17-7-9-19-54(48)62-56/h1-35H. The Hall–Kier alpha value is -7.57. The summed E-state index contributed by atoms with van der Waals surface area (Å²) in [6, 6.07) is 72.0. The van der Waals surface area contributed by atoms with Gasteiger partial charge in [-0.1, -0.05) is 133 Å². The number of hydrogen-bond donors (Lipinski definition) is 0. The number of benzene rings is 8. The van der Waals surface area contributed by atoms with Crippen LogP contribution in [0.1, 0.15) is 0 Å². The predicted molar refractivity (Wildman–Crippen MR) is 264 cm³/mol. The largest absolute Gasteiger partial charge is 0.264 e. The molecule has 0 unspecified atom stereocenters. The predicted octanol–water partition coefficient (Wildman–Crippen LogP) is 16.3. The highest BCUT2D eigenvalue weighted by Gasteiger charge is 2.18. The zero-order valence-electron chi connectivity index (χ0n) is 33.4. The third kappa shape index (κ3) is 6.56. The Morgan fingerprint density at radius 3 is 1.44 bits per heavy atom. The highest BCUT2D eigenvalue weighted by atomic mass is 32.1. The monoisotopic (exact) mass is 825 g/mol. The maximum atomic E-state index is 5.46. The average molecular weight is 826 g/mol. The molecule has 0 bridgehead atoms. The van der Waals surface area contributed by atoms with Gasteiger partial charge in [-0.2, -0.15) is 0 Å². The van der Waals surface area contributed by atoms with Crippen molar-refractivity contribution in [3.05, 3.63) is 213 Å². The number of hydrogen-bond acceptors (Lipinski definition) is 5. The average Bonchev–Trinajstić information content (AvgIpc) is 3.92. The summed E-state index contributed by atoms with van der Waals surface area (Å²) in [5.41, 5.74) is 13.7. The zero-order valence-corrected chi connectivity index (χ0v) is 35.0. The van der Waals surface area contributed by atoms with Crippen LogP contribution in [0.25, 0.3) is 119 Å². The van der Waals surface area contributed by atoms with Gasteiger partial charge in [0.05, 0.1) is 11.4 Å². The SMILES string of the molecule is c1ccc(-c2ccc(-c3cc(-c4ccccc4-c4cccnc4)nc(-c4cc(-c5ccc6sc7ccccc7c6c5)cc(-c5ccc6sc7ccccc7c6c5)c4)n3)cc2)cc1. The van der Waals surface area contributed by atoms with Gasteiger partial charge < -0.3 is 0 Å². The molecule has 0 aliphatic carbocycles. The molecule has 8 aromatic carbocycles. The van der Waals surface area contributed by atoms with E-state index in [0.29, 0.717) is 5.82 Å². The fourth-order valence-electron chi connectivity index (χ4n) is 8.71. The molecular formula is C57H35N3S2. The fourth-order valence-corrected chi connectivity index (χ4v) is 10.9. The van der Waals surface area contributed by atoms with Crippen LogP contribution in [0.2, 0.25) is 0 Å². The molecule has 62 heavy (non-hydrogen) atoms. The minimum absolute atomic E-state index is 0.665. The Labute approximate surface area is 366 Å². The topological polar surface area (TPSA) is 38.7 Å². The fraction of sp³-hybridized carbons (Fsp3) is 0. The molecular weight excluding hydrogens is 791 g/mol. The summed E-state index contributed by atoms with van der Waals surface area (Å²) in [4.78, 5) is 15.3. The van der Waals surface area contributed by atoms with Crippen LogP contribution in [0, 0.1) is 0 Å². The Balaban J connectivity index is 1.08. The van der Waals surface area contributed by atoms with Crippen LogP contribution in [0.15, 0.2) is 213 Å². The van der Waals surface area contributed by atoms with Gasteiger partial charge in [-0.3, -0.25) is 4.98 Å². The molecule has 0 fully saturated rings. The van der Waals surface area contributed by atoms with Gasteiger partial charge >= 0.3 is 0 Å². The van der Waals surface area contributed by atoms with Crippen molar-refractivity contribution in [2.75, 3.05) is 0 Å². The van der Waals surface area contributed by atoms with Crippen LogP contribution in [0.3, 0.4) is 0 Å². The van der Waals surface area contributed by atoms with Gasteiger partial charge in [-0.05, 0) is 106 Å². The van der Waals surface area contributed by atoms with Gasteiger partial charge in [-0.25, -0.2) is 9.97 Å². The Bertz CT molecular complexity index is 3490. The zero-order chi connectivity index (χ0) is 41.0. The molecule has 5 heteroatoms. The second-order valence-corrected chi connectivity index (χ2v) is 17.8. The van der Waals surface area contributed by atoms with Crippen molar-refractivity contribution in [1.82, 2.24) is 15.0 Å². The molecule has 0 atom stereocenters. The van der Waals surface area contributed by atoms with E-state index in [0.717, 1.165) is 67.0 Å². The number of aromatic nitrogens is 3. The van der Waals surface area contributed by atoms with E-state index < -0.39 is 0 Å². The molecule has 0 spiro atoms. The molecule has 0 amide bonds. The summed E-state index contributed by atoms with van der Waals surface area (Å²) in [6.07, 6.45) is 3.73. The van der Waals surface area contributed by atoms with Crippen LogP contribution in [0.5, 0.6) is 0 Å². The first-order valence-electron chi connectivity index (χ1n) is 20.7. The molecule has 0 saturated heterocycles. The molecule has 290 valence electrons. The molecule has 3 nitrogen and oxygen atoms in total. The summed E-state index contributed by atoms with van der Waals surface area (Å²) >= 11 is 3.69. The van der Waals surface area contributed by atoms with Crippen LogP contribution in [-0.4, -0.2) is 15.0 Å². The third-order valence-electron chi connectivity index (χ3n) is 11.8. The Morgan fingerprint density at radius 1 is 0.290 bits per heavy atom. The number of thiophene rings is 2. The van der Waals surface area contributed by atoms with E-state index in [1.807, 2.05) is 41.1 Å². The lowest BCUT2D eigenvalue weighted by Crippen LogP contribution is -1.98. The minimum atomic E-state index is 0.665. The molecule has 4 heterocycles. The summed E-state index contributed by atoms with van der Waals surface area (Å²) in [6.45, 7) is 0. The number of rotatable bonds is 7. The van der Waals surface area contributed by atoms with Gasteiger partial charge in [0.25, 0.3) is 0 Å². The molecule has 0 aliphatic rings. The normalized spacial score (nSPS) is 11.5. The summed E-state index contributed by atoms with van der Waals surface area (Å²) in [5.74, 6) is 0.665. The number of pyridine rings is 1. The van der Waals surface area contributed by atoms with E-state index >= 15 is 0 Å². The van der Waals surface area contributed by atoms with Gasteiger partial charge in [0, 0.05) is 75.0 Å². The Kier molecular flexibility index (Phi) is 8.87. The van der Waals surface area contributed by atoms with E-state index in [4.69, 9.17) is 9.97 Å². The van der Waals surface area contributed by atoms with Crippen molar-refractivity contribution in [2.45, 2.75) is 0 Å². The third-order valence-corrected chi connectivity index (χ3v) is 14.1. The molecule has 12 aromatic rings. The van der Waals surface area contributed by atoms with Crippen molar-refractivity contribution >= 4 is 63.0 Å². The minimum Gasteiger partial charge on any atom is -0.264 e. The maximum Gasteiger partial charge on any atom is 0.160 e. The first-order chi connectivity index (χ1) is 30.7. The van der Waals surface area contributed by atoms with E-state index in [-0.39, 0.29) is 0 Å². The van der Waals surface area contributed by atoms with Gasteiger partial charge in [0.2, 0.25) is 0 Å². The summed E-state index contributed by atoms with van der Waals surface area (Å²) in [7, 11) is 0. The number of nitrogens with zero attached hydrogens (tertiary/aromatic N) is 3. The Morgan fingerprint density at radius 2 is 0.790 bits per heavy atom. The first-order valence-corrected chi connectivity index (χ1v) is 22.4. The summed E-state index contributed by atoms with van der Waals surface area (Å²) < 4.78 is 5.16. The van der Waals surface area contributed by atoms with Crippen molar-refractivity contribution in [3.63, 3.8) is 0 Å². The van der Waals surface area contributed by atoms with E-state index in [9.17, 15) is 0 Å². The van der Waals surface area contributed by atoms with Crippen LogP contribution < -0.4 is 0 Å². The first kappa shape index (κ1) is 36.3. The van der Waals surface area contributed by atoms with Gasteiger partial charge in [0.1, 0.15) is 0 Å². The van der Waals surface area contributed by atoms with Gasteiger partial charge in [0.15, 0.2) is 5.82 Å². The van der Waals surface area contributed by atoms with Crippen molar-refractivity contribution in [3.8, 4) is 78.4 Å². The molecule has 0 radical (unpaired) electrons. The molecule has 0 N–H and O–H groups in total. The molecule has 0 saturated carbocycles. The maximum absolute atomic E-state index is 5.46. The number of fused-ring (bicyclic) bond motifs is 6. The van der Waals surface area contributed by atoms with Crippen LogP contribution in [0.4, 0.5) is 0 Å². The lowest BCUT2D eigenvalue weighted by atomic mass is 9.94. The van der Waals surface area contributed by atoms with Gasteiger partial charge in [-0.15, -0.1) is 22.7 Å². The van der Waals surface area contributed by atoms with E-state index in [2.05, 4.69) is 199 Å². The molecule has 0 aliphatic heterocycles. The highest BCUT2D eigenvalue weighted by molar-refractivity contribution is 7.26. The molecule has 12 rings (SSSR count). The summed E-state index contributed by atoms with van der Waals surface area (Å²) in [5, 5.41) is 5.11. The van der Waals surface area contributed by atoms with E-state index in [1.165, 1.54) is 45.9 Å². The van der Waals surface area contributed by atoms with Crippen molar-refractivity contribution < 1.29 is 0 Å². The lowest BCUT2D eigenvalue weighted by Gasteiger charge is -2.15. The quantitative estimate of drug-likeness (QED) is 0.161.